The summed E-state index contributed by atoms with van der Waals surface area (Å²) >= 11 is 3.19. The number of carbonyl (C=O) groups excluding carboxylic acids is 1. The number of hydrogen-bond acceptors (Lipinski definition) is 4. The Labute approximate surface area is 110 Å². The summed E-state index contributed by atoms with van der Waals surface area (Å²) in [5.41, 5.74) is 6.08. The van der Waals surface area contributed by atoms with Crippen LogP contribution < -0.4 is 11.1 Å². The number of carbonyl (C=O) groups is 1. The number of rotatable bonds is 5. The fourth-order valence-corrected chi connectivity index (χ4v) is 2.43. The first kappa shape index (κ1) is 14.1. The topological polar surface area (TPSA) is 55.1 Å². The predicted octanol–water partition coefficient (Wildman–Crippen LogP) is 1.54. The molecule has 0 radical (unpaired) electrons. The molecule has 1 heterocycles. The SMILES string of the molecule is CSCCCNC(=O)c1sccc1C#CCN. The van der Waals surface area contributed by atoms with Crippen LogP contribution in [0.25, 0.3) is 0 Å². The van der Waals surface area contributed by atoms with Crippen LogP contribution in [-0.2, 0) is 0 Å². The Bertz CT molecular complexity index is 418. The molecule has 0 bridgehead atoms. The van der Waals surface area contributed by atoms with E-state index in [1.165, 1.54) is 11.3 Å². The molecule has 1 amide bonds. The summed E-state index contributed by atoms with van der Waals surface area (Å²) in [5, 5.41) is 4.77. The number of thiophene rings is 1. The highest BCUT2D eigenvalue weighted by Crippen LogP contribution is 2.15. The van der Waals surface area contributed by atoms with Gasteiger partial charge in [-0.05, 0) is 29.9 Å². The minimum absolute atomic E-state index is 0.0394. The second kappa shape index (κ2) is 8.18. The van der Waals surface area contributed by atoms with E-state index in [1.807, 2.05) is 11.4 Å². The van der Waals surface area contributed by atoms with Crippen molar-refractivity contribution in [1.82, 2.24) is 5.32 Å². The zero-order chi connectivity index (χ0) is 12.5. The van der Waals surface area contributed by atoms with Gasteiger partial charge in [-0.3, -0.25) is 4.79 Å². The molecule has 0 aliphatic rings. The van der Waals surface area contributed by atoms with Gasteiger partial charge in [0.2, 0.25) is 0 Å². The molecule has 1 aromatic rings. The zero-order valence-electron chi connectivity index (χ0n) is 9.79. The maximum Gasteiger partial charge on any atom is 0.262 e. The average Bonchev–Trinajstić information content (AvgIpc) is 2.80. The number of hydrogen-bond donors (Lipinski definition) is 2. The van der Waals surface area contributed by atoms with Crippen molar-refractivity contribution in [2.24, 2.45) is 5.73 Å². The average molecular weight is 268 g/mol. The maximum atomic E-state index is 11.8. The van der Waals surface area contributed by atoms with Gasteiger partial charge >= 0.3 is 0 Å². The van der Waals surface area contributed by atoms with Crippen LogP contribution in [0.2, 0.25) is 0 Å². The lowest BCUT2D eigenvalue weighted by Crippen LogP contribution is -2.24. The van der Waals surface area contributed by atoms with Crippen molar-refractivity contribution in [2.45, 2.75) is 6.42 Å². The number of nitrogens with two attached hydrogens (primary N) is 1. The third-order valence-corrected chi connectivity index (χ3v) is 3.62. The highest BCUT2D eigenvalue weighted by molar-refractivity contribution is 7.98. The first-order chi connectivity index (χ1) is 8.29. The van der Waals surface area contributed by atoms with Gasteiger partial charge in [-0.1, -0.05) is 11.8 Å². The lowest BCUT2D eigenvalue weighted by atomic mass is 10.2. The van der Waals surface area contributed by atoms with Crippen LogP contribution in [0.3, 0.4) is 0 Å². The van der Waals surface area contributed by atoms with Crippen LogP contribution in [0.15, 0.2) is 11.4 Å². The summed E-state index contributed by atoms with van der Waals surface area (Å²) in [7, 11) is 0. The normalized spacial score (nSPS) is 9.53. The number of nitrogens with one attached hydrogen (secondary N) is 1. The molecule has 0 fully saturated rings. The second-order valence-corrected chi connectivity index (χ2v) is 5.17. The van der Waals surface area contributed by atoms with Gasteiger partial charge in [0.1, 0.15) is 4.88 Å². The minimum atomic E-state index is -0.0394. The van der Waals surface area contributed by atoms with Crippen molar-refractivity contribution >= 4 is 29.0 Å². The molecule has 3 nitrogen and oxygen atoms in total. The molecule has 0 aromatic carbocycles. The summed E-state index contributed by atoms with van der Waals surface area (Å²) < 4.78 is 0. The lowest BCUT2D eigenvalue weighted by Gasteiger charge is -2.02. The first-order valence-electron chi connectivity index (χ1n) is 5.33. The Morgan fingerprint density at radius 2 is 2.47 bits per heavy atom. The van der Waals surface area contributed by atoms with Crippen molar-refractivity contribution in [3.05, 3.63) is 21.9 Å². The standard InChI is InChI=1S/C12H16N2OS2/c1-16-8-3-7-14-12(15)11-10(4-2-6-13)5-9-17-11/h5,9H,3,6-8,13H2,1H3,(H,14,15). The quantitative estimate of drug-likeness (QED) is 0.629. The molecule has 0 saturated heterocycles. The largest absolute Gasteiger partial charge is 0.351 e. The third kappa shape index (κ3) is 4.82. The van der Waals surface area contributed by atoms with Crippen LogP contribution >= 0.6 is 23.1 Å². The van der Waals surface area contributed by atoms with Gasteiger partial charge in [-0.25, -0.2) is 0 Å². The Morgan fingerprint density at radius 3 is 3.18 bits per heavy atom. The highest BCUT2D eigenvalue weighted by Gasteiger charge is 2.10. The second-order valence-electron chi connectivity index (χ2n) is 3.27. The van der Waals surface area contributed by atoms with E-state index >= 15 is 0 Å². The van der Waals surface area contributed by atoms with E-state index < -0.39 is 0 Å². The molecule has 17 heavy (non-hydrogen) atoms. The highest BCUT2D eigenvalue weighted by atomic mass is 32.2. The molecule has 0 aliphatic carbocycles. The molecule has 0 aliphatic heterocycles. The van der Waals surface area contributed by atoms with E-state index in [1.54, 1.807) is 11.8 Å². The smallest absolute Gasteiger partial charge is 0.262 e. The summed E-state index contributed by atoms with van der Waals surface area (Å²) in [6.07, 6.45) is 3.05. The van der Waals surface area contributed by atoms with E-state index in [2.05, 4.69) is 23.4 Å². The molecule has 1 rings (SSSR count). The molecular weight excluding hydrogens is 252 g/mol. The third-order valence-electron chi connectivity index (χ3n) is 2.01. The molecule has 1 aromatic heterocycles. The molecule has 0 atom stereocenters. The van der Waals surface area contributed by atoms with Gasteiger partial charge in [0.25, 0.3) is 5.91 Å². The zero-order valence-corrected chi connectivity index (χ0v) is 11.4. The van der Waals surface area contributed by atoms with Gasteiger partial charge in [0.05, 0.1) is 6.54 Å². The molecule has 3 N–H and O–H groups in total. The fraction of sp³-hybridized carbons (Fsp3) is 0.417. The Morgan fingerprint density at radius 1 is 1.65 bits per heavy atom. The summed E-state index contributed by atoms with van der Waals surface area (Å²) in [5.74, 6) is 6.69. The predicted molar refractivity (Wildman–Crippen MR) is 75.6 cm³/mol. The van der Waals surface area contributed by atoms with Crippen molar-refractivity contribution in [1.29, 1.82) is 0 Å². The Hall–Kier alpha value is -0.960. The van der Waals surface area contributed by atoms with Gasteiger partial charge in [-0.15, -0.1) is 11.3 Å². The number of amides is 1. The van der Waals surface area contributed by atoms with Crippen LogP contribution in [0.5, 0.6) is 0 Å². The first-order valence-corrected chi connectivity index (χ1v) is 7.60. The maximum absolute atomic E-state index is 11.8. The van der Waals surface area contributed by atoms with Crippen LogP contribution in [0, 0.1) is 11.8 Å². The summed E-state index contributed by atoms with van der Waals surface area (Å²) in [4.78, 5) is 12.5. The van der Waals surface area contributed by atoms with Crippen molar-refractivity contribution in [2.75, 3.05) is 25.1 Å². The molecule has 92 valence electrons. The summed E-state index contributed by atoms with van der Waals surface area (Å²) in [6.45, 7) is 1.02. The fourth-order valence-electron chi connectivity index (χ4n) is 1.23. The summed E-state index contributed by atoms with van der Waals surface area (Å²) in [6, 6.07) is 1.85. The monoisotopic (exact) mass is 268 g/mol. The van der Waals surface area contributed by atoms with Crippen molar-refractivity contribution in [3.63, 3.8) is 0 Å². The van der Waals surface area contributed by atoms with Crippen molar-refractivity contribution < 1.29 is 4.79 Å². The van der Waals surface area contributed by atoms with E-state index in [0.717, 1.165) is 17.7 Å². The Balaban J connectivity index is 2.54. The van der Waals surface area contributed by atoms with Crippen LogP contribution in [-0.4, -0.2) is 31.0 Å². The van der Waals surface area contributed by atoms with E-state index in [9.17, 15) is 4.79 Å². The van der Waals surface area contributed by atoms with Gasteiger partial charge < -0.3 is 11.1 Å². The van der Waals surface area contributed by atoms with E-state index in [4.69, 9.17) is 5.73 Å². The number of thioether (sulfide) groups is 1. The lowest BCUT2D eigenvalue weighted by molar-refractivity contribution is 0.0957. The molecule has 0 unspecified atom stereocenters. The van der Waals surface area contributed by atoms with Gasteiger partial charge in [0, 0.05) is 12.1 Å². The van der Waals surface area contributed by atoms with Crippen LogP contribution in [0.1, 0.15) is 21.7 Å². The van der Waals surface area contributed by atoms with Crippen molar-refractivity contribution in [3.8, 4) is 11.8 Å². The molecule has 0 saturated carbocycles. The Kier molecular flexibility index (Phi) is 6.78. The van der Waals surface area contributed by atoms with Gasteiger partial charge in [0.15, 0.2) is 0 Å². The molecular formula is C12H16N2OS2. The van der Waals surface area contributed by atoms with Gasteiger partial charge in [-0.2, -0.15) is 11.8 Å². The van der Waals surface area contributed by atoms with E-state index in [0.29, 0.717) is 18.0 Å². The van der Waals surface area contributed by atoms with E-state index in [-0.39, 0.29) is 5.91 Å². The molecule has 0 spiro atoms. The minimum Gasteiger partial charge on any atom is -0.351 e. The molecule has 5 heteroatoms. The van der Waals surface area contributed by atoms with Crippen LogP contribution in [0.4, 0.5) is 0 Å².